The van der Waals surface area contributed by atoms with Crippen LogP contribution in [0.25, 0.3) is 0 Å². The van der Waals surface area contributed by atoms with Crippen LogP contribution in [0.5, 0.6) is 23.0 Å². The minimum Gasteiger partial charge on any atom is -0.497 e. The molecule has 1 heterocycles. The van der Waals surface area contributed by atoms with Gasteiger partial charge in [-0.1, -0.05) is 0 Å². The van der Waals surface area contributed by atoms with E-state index in [1.807, 2.05) is 0 Å². The second-order valence-corrected chi connectivity index (χ2v) is 6.06. The first-order valence-electron chi connectivity index (χ1n) is 8.65. The van der Waals surface area contributed by atoms with Crippen molar-refractivity contribution in [1.29, 1.82) is 0 Å². The first kappa shape index (κ1) is 19.2. The van der Waals surface area contributed by atoms with Crippen molar-refractivity contribution in [2.45, 2.75) is 12.8 Å². The molecule has 0 saturated heterocycles. The number of carbonyl (C=O) groups excluding carboxylic acids is 2. The topological polar surface area (TPSA) is 89.5 Å². The minimum atomic E-state index is -0.361. The van der Waals surface area contributed by atoms with E-state index in [2.05, 4.69) is 10.4 Å². The Morgan fingerprint density at radius 1 is 1.00 bits per heavy atom. The fraction of sp³-hybridized carbons (Fsp3) is 0.250. The van der Waals surface area contributed by atoms with Crippen molar-refractivity contribution < 1.29 is 23.8 Å². The zero-order valence-corrected chi connectivity index (χ0v) is 15.9. The number of benzene rings is 2. The average Bonchev–Trinajstić information content (AvgIpc) is 2.71. The molecule has 0 saturated carbocycles. The summed E-state index contributed by atoms with van der Waals surface area (Å²) in [7, 11) is 4.66. The van der Waals surface area contributed by atoms with Crippen molar-refractivity contribution in [3.05, 3.63) is 42.5 Å². The van der Waals surface area contributed by atoms with E-state index in [0.717, 1.165) is 5.75 Å². The molecule has 8 nitrogen and oxygen atoms in total. The molecular formula is C20H21N3O5. The van der Waals surface area contributed by atoms with Crippen LogP contribution >= 0.6 is 0 Å². The Balaban J connectivity index is 1.77. The summed E-state index contributed by atoms with van der Waals surface area (Å²) < 4.78 is 16.4. The molecule has 0 spiro atoms. The van der Waals surface area contributed by atoms with Gasteiger partial charge in [-0.05, 0) is 36.4 Å². The van der Waals surface area contributed by atoms with E-state index in [9.17, 15) is 9.59 Å². The second kappa shape index (κ2) is 8.43. The first-order valence-corrected chi connectivity index (χ1v) is 8.65. The van der Waals surface area contributed by atoms with Gasteiger partial charge in [-0.3, -0.25) is 9.59 Å². The Hall–Kier alpha value is -3.55. The number of nitrogens with zero attached hydrogens (tertiary/aromatic N) is 2. The first-order chi connectivity index (χ1) is 13.5. The molecule has 3 rings (SSSR count). The molecule has 0 fully saturated rings. The van der Waals surface area contributed by atoms with Crippen molar-refractivity contribution in [1.82, 2.24) is 5.01 Å². The second-order valence-electron chi connectivity index (χ2n) is 6.06. The Bertz CT molecular complexity index is 909. The van der Waals surface area contributed by atoms with E-state index in [4.69, 9.17) is 14.2 Å². The van der Waals surface area contributed by atoms with Crippen molar-refractivity contribution in [2.75, 3.05) is 26.6 Å². The van der Waals surface area contributed by atoms with Crippen molar-refractivity contribution in [3.8, 4) is 23.0 Å². The number of hydrogen-bond donors (Lipinski definition) is 1. The van der Waals surface area contributed by atoms with Crippen LogP contribution in [0.15, 0.2) is 47.6 Å². The molecule has 0 bridgehead atoms. The van der Waals surface area contributed by atoms with E-state index < -0.39 is 0 Å². The van der Waals surface area contributed by atoms with Crippen LogP contribution in [-0.4, -0.2) is 43.8 Å². The summed E-state index contributed by atoms with van der Waals surface area (Å²) in [6.07, 6.45) is 0.567. The minimum absolute atomic E-state index is 0.115. The summed E-state index contributed by atoms with van der Waals surface area (Å²) in [5.41, 5.74) is 0.826. The smallest absolute Gasteiger partial charge is 0.271 e. The third-order valence-corrected chi connectivity index (χ3v) is 4.18. The quantitative estimate of drug-likeness (QED) is 0.828. The monoisotopic (exact) mass is 383 g/mol. The lowest BCUT2D eigenvalue weighted by Gasteiger charge is -2.19. The van der Waals surface area contributed by atoms with Crippen LogP contribution in [0.1, 0.15) is 12.8 Å². The Kier molecular flexibility index (Phi) is 5.78. The van der Waals surface area contributed by atoms with Crippen LogP contribution < -0.4 is 19.5 Å². The number of carbonyl (C=O) groups is 2. The lowest BCUT2D eigenvalue weighted by molar-refractivity contribution is -0.130. The molecule has 2 aromatic carbocycles. The summed E-state index contributed by atoms with van der Waals surface area (Å²) in [6.45, 7) is 0. The van der Waals surface area contributed by atoms with Gasteiger partial charge in [0.2, 0.25) is 5.91 Å². The molecule has 1 N–H and O–H groups in total. The van der Waals surface area contributed by atoms with Gasteiger partial charge in [0, 0.05) is 31.6 Å². The number of hydrazone groups is 1. The molecule has 0 radical (unpaired) electrons. The van der Waals surface area contributed by atoms with Gasteiger partial charge in [0.15, 0.2) is 11.5 Å². The molecule has 8 heteroatoms. The van der Waals surface area contributed by atoms with Crippen LogP contribution in [-0.2, 0) is 9.59 Å². The van der Waals surface area contributed by atoms with Gasteiger partial charge in [0.25, 0.3) is 5.91 Å². The van der Waals surface area contributed by atoms with E-state index in [-0.39, 0.29) is 18.2 Å². The van der Waals surface area contributed by atoms with Gasteiger partial charge >= 0.3 is 0 Å². The SMILES string of the molecule is COc1ccc(Oc2cc(NC(=O)C3=NN(C)C(=O)CC3)ccc2OC)cc1. The lowest BCUT2D eigenvalue weighted by Crippen LogP contribution is -2.34. The van der Waals surface area contributed by atoms with Crippen LogP contribution in [0.4, 0.5) is 5.69 Å². The van der Waals surface area contributed by atoms with Crippen molar-refractivity contribution in [3.63, 3.8) is 0 Å². The fourth-order valence-corrected chi connectivity index (χ4v) is 2.64. The number of rotatable bonds is 6. The third-order valence-electron chi connectivity index (χ3n) is 4.18. The highest BCUT2D eigenvalue weighted by Crippen LogP contribution is 2.34. The van der Waals surface area contributed by atoms with Gasteiger partial charge in [0.05, 0.1) is 14.2 Å². The molecule has 0 unspecified atom stereocenters. The summed E-state index contributed by atoms with van der Waals surface area (Å²) >= 11 is 0. The van der Waals surface area contributed by atoms with Crippen molar-refractivity contribution in [2.24, 2.45) is 5.10 Å². The van der Waals surface area contributed by atoms with Crippen LogP contribution in [0, 0.1) is 0 Å². The molecule has 146 valence electrons. The molecule has 0 atom stereocenters. The molecular weight excluding hydrogens is 362 g/mol. The maximum absolute atomic E-state index is 12.4. The van der Waals surface area contributed by atoms with E-state index in [1.165, 1.54) is 19.2 Å². The zero-order chi connectivity index (χ0) is 20.1. The normalized spacial score (nSPS) is 13.6. The van der Waals surface area contributed by atoms with Gasteiger partial charge < -0.3 is 19.5 Å². The average molecular weight is 383 g/mol. The maximum Gasteiger partial charge on any atom is 0.271 e. The molecule has 28 heavy (non-hydrogen) atoms. The number of anilines is 1. The fourth-order valence-electron chi connectivity index (χ4n) is 2.64. The largest absolute Gasteiger partial charge is 0.497 e. The Morgan fingerprint density at radius 3 is 2.36 bits per heavy atom. The Morgan fingerprint density at radius 2 is 1.71 bits per heavy atom. The molecule has 1 aliphatic heterocycles. The number of methoxy groups -OCH3 is 2. The third kappa shape index (κ3) is 4.40. The predicted molar refractivity (Wildman–Crippen MR) is 104 cm³/mol. The van der Waals surface area contributed by atoms with Gasteiger partial charge in [0.1, 0.15) is 17.2 Å². The van der Waals surface area contributed by atoms with Crippen LogP contribution in [0.2, 0.25) is 0 Å². The number of nitrogens with one attached hydrogen (secondary N) is 1. The number of amides is 2. The zero-order valence-electron chi connectivity index (χ0n) is 15.9. The van der Waals surface area contributed by atoms with Gasteiger partial charge in [-0.15, -0.1) is 0 Å². The summed E-state index contributed by atoms with van der Waals surface area (Å²) in [4.78, 5) is 23.9. The van der Waals surface area contributed by atoms with E-state index in [0.29, 0.717) is 35.1 Å². The molecule has 1 aliphatic rings. The predicted octanol–water partition coefficient (Wildman–Crippen LogP) is 3.04. The van der Waals surface area contributed by atoms with E-state index >= 15 is 0 Å². The summed E-state index contributed by atoms with van der Waals surface area (Å²) in [5.74, 6) is 1.81. The molecule has 2 amide bonds. The molecule has 2 aromatic rings. The van der Waals surface area contributed by atoms with Gasteiger partial charge in [-0.25, -0.2) is 5.01 Å². The van der Waals surface area contributed by atoms with Crippen molar-refractivity contribution >= 4 is 23.2 Å². The maximum atomic E-state index is 12.4. The lowest BCUT2D eigenvalue weighted by atomic mass is 10.1. The van der Waals surface area contributed by atoms with Crippen LogP contribution in [0.3, 0.4) is 0 Å². The molecule has 0 aliphatic carbocycles. The Labute approximate surface area is 162 Å². The highest BCUT2D eigenvalue weighted by molar-refractivity contribution is 6.43. The number of hydrogen-bond acceptors (Lipinski definition) is 6. The summed E-state index contributed by atoms with van der Waals surface area (Å²) in [6, 6.07) is 12.2. The van der Waals surface area contributed by atoms with E-state index in [1.54, 1.807) is 49.6 Å². The highest BCUT2D eigenvalue weighted by atomic mass is 16.5. The highest BCUT2D eigenvalue weighted by Gasteiger charge is 2.22. The van der Waals surface area contributed by atoms with Gasteiger partial charge in [-0.2, -0.15) is 5.10 Å². The summed E-state index contributed by atoms with van der Waals surface area (Å²) in [5, 5.41) is 7.98. The molecule has 0 aromatic heterocycles. The number of ether oxygens (including phenoxy) is 3. The standard InChI is InChI=1S/C20H21N3O5/c1-23-19(24)11-9-16(22-23)20(25)21-13-4-10-17(27-3)18(12-13)28-15-7-5-14(26-2)6-8-15/h4-8,10,12H,9,11H2,1-3H3,(H,21,25).